The Balaban J connectivity index is 4.29. The first kappa shape index (κ1) is 57.3. The third-order valence-corrected chi connectivity index (χ3v) is 10.8. The van der Waals surface area contributed by atoms with Gasteiger partial charge in [-0.15, -0.1) is 0 Å². The van der Waals surface area contributed by atoms with E-state index in [4.69, 9.17) is 14.2 Å². The van der Waals surface area contributed by atoms with Gasteiger partial charge in [-0.2, -0.15) is 0 Å². The second kappa shape index (κ2) is 50.7. The van der Waals surface area contributed by atoms with Gasteiger partial charge in [0.2, 0.25) is 0 Å². The Bertz CT molecular complexity index is 1080. The first-order chi connectivity index (χ1) is 29.6. The molecule has 0 saturated heterocycles. The molecule has 0 rings (SSSR count). The van der Waals surface area contributed by atoms with Crippen molar-refractivity contribution in [3.8, 4) is 0 Å². The highest BCUT2D eigenvalue weighted by molar-refractivity contribution is 5.70. The second-order valence-corrected chi connectivity index (χ2v) is 16.7. The Kier molecular flexibility index (Phi) is 48.4. The predicted octanol–water partition coefficient (Wildman–Crippen LogP) is 17.1. The molecule has 0 spiro atoms. The van der Waals surface area contributed by atoms with Gasteiger partial charge in [0.05, 0.1) is 6.61 Å². The van der Waals surface area contributed by atoms with Crippen LogP contribution in [0.25, 0.3) is 0 Å². The number of ether oxygens (including phenoxy) is 3. The van der Waals surface area contributed by atoms with Gasteiger partial charge >= 0.3 is 11.9 Å². The van der Waals surface area contributed by atoms with Crippen LogP contribution in [-0.2, 0) is 23.8 Å². The van der Waals surface area contributed by atoms with E-state index >= 15 is 0 Å². The molecular formula is C55H96O5. The molecule has 1 atom stereocenters. The molecule has 0 aliphatic carbocycles. The minimum Gasteiger partial charge on any atom is -0.462 e. The minimum atomic E-state index is -0.563. The highest BCUT2D eigenvalue weighted by Crippen LogP contribution is 2.15. The number of hydrogen-bond acceptors (Lipinski definition) is 5. The first-order valence-corrected chi connectivity index (χ1v) is 25.5. The first-order valence-electron chi connectivity index (χ1n) is 25.5. The van der Waals surface area contributed by atoms with E-state index in [2.05, 4.69) is 87.6 Å². The van der Waals surface area contributed by atoms with Crippen LogP contribution in [0.1, 0.15) is 239 Å². The fourth-order valence-electron chi connectivity index (χ4n) is 7.01. The lowest BCUT2D eigenvalue weighted by Crippen LogP contribution is -2.30. The third kappa shape index (κ3) is 48.0. The highest BCUT2D eigenvalue weighted by Gasteiger charge is 2.17. The number of carbonyl (C=O) groups excluding carboxylic acids is 2. The average Bonchev–Trinajstić information content (AvgIpc) is 3.25. The molecule has 0 saturated carbocycles. The number of hydrogen-bond donors (Lipinski definition) is 0. The summed E-state index contributed by atoms with van der Waals surface area (Å²) in [5.74, 6) is -0.490. The van der Waals surface area contributed by atoms with E-state index in [9.17, 15) is 9.59 Å². The molecule has 0 aromatic carbocycles. The van der Waals surface area contributed by atoms with Crippen LogP contribution in [0.4, 0.5) is 0 Å². The maximum Gasteiger partial charge on any atom is 0.306 e. The van der Waals surface area contributed by atoms with E-state index in [1.807, 2.05) is 6.08 Å². The fourth-order valence-corrected chi connectivity index (χ4v) is 7.01. The summed E-state index contributed by atoms with van der Waals surface area (Å²) in [5.41, 5.74) is 0. The zero-order chi connectivity index (χ0) is 43.5. The lowest BCUT2D eigenvalue weighted by Gasteiger charge is -2.18. The molecule has 0 aromatic rings. The normalized spacial score (nSPS) is 12.8. The maximum atomic E-state index is 12.7. The van der Waals surface area contributed by atoms with Crippen molar-refractivity contribution in [2.45, 2.75) is 245 Å². The molecule has 0 amide bonds. The molecule has 0 N–H and O–H groups in total. The van der Waals surface area contributed by atoms with Crippen molar-refractivity contribution in [2.24, 2.45) is 0 Å². The van der Waals surface area contributed by atoms with Crippen molar-refractivity contribution in [1.29, 1.82) is 0 Å². The SMILES string of the molecule is CC/C=C\C/C=C\C/C=C\C/C=C\C/C=C\C/C=C\CCC(=O)OCC(COCCCCCCCCCCCCCCCCCC)OC(=O)CCCCCCCCCCC. The second-order valence-electron chi connectivity index (χ2n) is 16.7. The number of unbranched alkanes of at least 4 members (excludes halogenated alkanes) is 23. The van der Waals surface area contributed by atoms with Gasteiger partial charge in [0.25, 0.3) is 0 Å². The van der Waals surface area contributed by atoms with Crippen molar-refractivity contribution in [1.82, 2.24) is 0 Å². The molecule has 60 heavy (non-hydrogen) atoms. The van der Waals surface area contributed by atoms with Crippen molar-refractivity contribution >= 4 is 11.9 Å². The van der Waals surface area contributed by atoms with Crippen LogP contribution in [0.5, 0.6) is 0 Å². The molecule has 1 unspecified atom stereocenters. The van der Waals surface area contributed by atoms with Gasteiger partial charge in [-0.3, -0.25) is 9.59 Å². The summed E-state index contributed by atoms with van der Waals surface area (Å²) in [6.07, 6.45) is 65.0. The van der Waals surface area contributed by atoms with Gasteiger partial charge in [-0.1, -0.05) is 241 Å². The predicted molar refractivity (Wildman–Crippen MR) is 260 cm³/mol. The van der Waals surface area contributed by atoms with Crippen molar-refractivity contribution in [3.05, 3.63) is 72.9 Å². The van der Waals surface area contributed by atoms with E-state index in [0.29, 0.717) is 25.9 Å². The van der Waals surface area contributed by atoms with E-state index in [1.165, 1.54) is 135 Å². The number of esters is 2. The summed E-state index contributed by atoms with van der Waals surface area (Å²) in [5, 5.41) is 0. The Morgan fingerprint density at radius 2 is 0.750 bits per heavy atom. The molecule has 346 valence electrons. The van der Waals surface area contributed by atoms with Gasteiger partial charge in [0.15, 0.2) is 6.10 Å². The fraction of sp³-hybridized carbons (Fsp3) is 0.745. The van der Waals surface area contributed by atoms with Crippen LogP contribution in [0.2, 0.25) is 0 Å². The van der Waals surface area contributed by atoms with Gasteiger partial charge in [0, 0.05) is 19.4 Å². The summed E-state index contributed by atoms with van der Waals surface area (Å²) in [7, 11) is 0. The molecular weight excluding hydrogens is 741 g/mol. The van der Waals surface area contributed by atoms with Gasteiger partial charge in [-0.05, 0) is 57.8 Å². The third-order valence-electron chi connectivity index (χ3n) is 10.8. The summed E-state index contributed by atoms with van der Waals surface area (Å²) < 4.78 is 17.3. The molecule has 0 bridgehead atoms. The summed E-state index contributed by atoms with van der Waals surface area (Å²) >= 11 is 0. The van der Waals surface area contributed by atoms with Crippen LogP contribution in [0.3, 0.4) is 0 Å². The van der Waals surface area contributed by atoms with Gasteiger partial charge in [0.1, 0.15) is 6.61 Å². The van der Waals surface area contributed by atoms with E-state index in [1.54, 1.807) is 0 Å². The molecule has 0 aromatic heterocycles. The molecule has 0 heterocycles. The lowest BCUT2D eigenvalue weighted by atomic mass is 10.0. The lowest BCUT2D eigenvalue weighted by molar-refractivity contribution is -0.162. The largest absolute Gasteiger partial charge is 0.462 e. The summed E-state index contributed by atoms with van der Waals surface area (Å²) in [4.78, 5) is 25.3. The van der Waals surface area contributed by atoms with Crippen molar-refractivity contribution in [3.63, 3.8) is 0 Å². The minimum absolute atomic E-state index is 0.0467. The monoisotopic (exact) mass is 837 g/mol. The average molecular weight is 837 g/mol. The maximum absolute atomic E-state index is 12.7. The van der Waals surface area contributed by atoms with E-state index in [0.717, 1.165) is 64.2 Å². The molecule has 0 radical (unpaired) electrons. The number of carbonyl (C=O) groups is 2. The molecule has 5 nitrogen and oxygen atoms in total. The van der Waals surface area contributed by atoms with Crippen LogP contribution in [0, 0.1) is 0 Å². The van der Waals surface area contributed by atoms with E-state index in [-0.39, 0.29) is 25.2 Å². The quantitative estimate of drug-likeness (QED) is 0.0347. The van der Waals surface area contributed by atoms with Crippen LogP contribution < -0.4 is 0 Å². The number of allylic oxidation sites excluding steroid dienone is 12. The van der Waals surface area contributed by atoms with Crippen LogP contribution in [-0.4, -0.2) is 37.9 Å². The van der Waals surface area contributed by atoms with Crippen molar-refractivity contribution < 1.29 is 23.8 Å². The summed E-state index contributed by atoms with van der Waals surface area (Å²) in [6, 6.07) is 0. The topological polar surface area (TPSA) is 61.8 Å². The Labute approximate surface area is 372 Å². The van der Waals surface area contributed by atoms with Crippen LogP contribution in [0.15, 0.2) is 72.9 Å². The van der Waals surface area contributed by atoms with Crippen LogP contribution >= 0.6 is 0 Å². The summed E-state index contributed by atoms with van der Waals surface area (Å²) in [6.45, 7) is 7.64. The Morgan fingerprint density at radius 3 is 1.17 bits per heavy atom. The van der Waals surface area contributed by atoms with Crippen molar-refractivity contribution in [2.75, 3.05) is 19.8 Å². The number of rotatable bonds is 46. The zero-order valence-electron chi connectivity index (χ0n) is 39.7. The molecule has 5 heteroatoms. The zero-order valence-corrected chi connectivity index (χ0v) is 39.7. The molecule has 0 fully saturated rings. The standard InChI is InChI=1S/C55H96O5/c1-4-7-10-13-16-19-21-23-25-27-28-29-30-32-34-37-39-42-45-48-54(56)59-52-53(60-55(57)49-46-43-40-36-18-15-12-9-6-3)51-58-50-47-44-41-38-35-33-31-26-24-22-20-17-14-11-8-5-2/h7,10,16,19,23,25,28-29,32,34,39,42,53H,4-6,8-9,11-15,17-18,20-22,24,26-27,30-31,33,35-38,40-41,43-52H2,1-3H3/b10-7-,19-16-,25-23-,29-28-,34-32-,42-39-. The highest BCUT2D eigenvalue weighted by atomic mass is 16.6. The Hall–Kier alpha value is -2.66. The molecule has 0 aliphatic heterocycles. The van der Waals surface area contributed by atoms with Gasteiger partial charge < -0.3 is 14.2 Å². The smallest absolute Gasteiger partial charge is 0.306 e. The Morgan fingerprint density at radius 1 is 0.383 bits per heavy atom. The molecule has 0 aliphatic rings. The van der Waals surface area contributed by atoms with Gasteiger partial charge in [-0.25, -0.2) is 0 Å². The van der Waals surface area contributed by atoms with E-state index < -0.39 is 6.10 Å².